The monoisotopic (exact) mass is 442 g/mol. The normalized spacial score (nSPS) is 10.9. The molecule has 0 aliphatic heterocycles. The maximum atomic E-state index is 13.2. The number of nitrogens with one attached hydrogen (secondary N) is 2. The highest BCUT2D eigenvalue weighted by molar-refractivity contribution is 5.88. The third-order valence-electron chi connectivity index (χ3n) is 4.70. The fourth-order valence-electron chi connectivity index (χ4n) is 3.15. The molecule has 0 saturated heterocycles. The van der Waals surface area contributed by atoms with Crippen LogP contribution in [0.5, 0.6) is 0 Å². The van der Waals surface area contributed by atoms with Crippen LogP contribution in [0.2, 0.25) is 0 Å². The van der Waals surface area contributed by atoms with Crippen molar-refractivity contribution in [3.63, 3.8) is 0 Å². The molecule has 1 heterocycles. The van der Waals surface area contributed by atoms with E-state index < -0.39 is 10.5 Å². The predicted molar refractivity (Wildman–Crippen MR) is 123 cm³/mol. The molecule has 0 fully saturated rings. The van der Waals surface area contributed by atoms with Crippen molar-refractivity contribution in [1.29, 1.82) is 0 Å². The number of anilines is 1. The molecular weight excluding hydrogens is 424 g/mol. The second kappa shape index (κ2) is 9.10. The van der Waals surface area contributed by atoms with Gasteiger partial charge in [0.25, 0.3) is 11.2 Å². The van der Waals surface area contributed by atoms with E-state index >= 15 is 0 Å². The van der Waals surface area contributed by atoms with Crippen LogP contribution in [0.4, 0.5) is 22.7 Å². The maximum Gasteiger partial charge on any atom is 0.299 e. The first-order valence-electron chi connectivity index (χ1n) is 9.87. The number of nitro benzene ring substituents is 1. The van der Waals surface area contributed by atoms with E-state index in [-0.39, 0.29) is 17.3 Å². The maximum absolute atomic E-state index is 13.2. The molecule has 0 saturated carbocycles. The molecule has 10 heteroatoms. The molecule has 0 atom stereocenters. The lowest BCUT2D eigenvalue weighted by molar-refractivity contribution is -0.384. The van der Waals surface area contributed by atoms with Gasteiger partial charge in [0.05, 0.1) is 22.0 Å². The summed E-state index contributed by atoms with van der Waals surface area (Å²) in [5, 5.41) is 25.0. The molecule has 0 radical (unpaired) electrons. The minimum atomic E-state index is -0.493. The van der Waals surface area contributed by atoms with Gasteiger partial charge >= 0.3 is 0 Å². The van der Waals surface area contributed by atoms with Crippen LogP contribution in [-0.2, 0) is 4.79 Å². The van der Waals surface area contributed by atoms with Crippen LogP contribution in [0, 0.1) is 10.1 Å². The van der Waals surface area contributed by atoms with Gasteiger partial charge in [-0.15, -0.1) is 5.11 Å². The van der Waals surface area contributed by atoms with E-state index in [9.17, 15) is 19.7 Å². The molecule has 2 N–H and O–H groups in total. The highest BCUT2D eigenvalue weighted by Crippen LogP contribution is 2.29. The fourth-order valence-corrected chi connectivity index (χ4v) is 3.15. The molecule has 33 heavy (non-hydrogen) atoms. The van der Waals surface area contributed by atoms with E-state index in [0.29, 0.717) is 28.3 Å². The molecular formula is C23H18N6O4. The molecule has 0 bridgehead atoms. The Morgan fingerprint density at radius 2 is 1.64 bits per heavy atom. The van der Waals surface area contributed by atoms with E-state index in [1.54, 1.807) is 60.7 Å². The average Bonchev–Trinajstić information content (AvgIpc) is 3.15. The molecule has 10 nitrogen and oxygen atoms in total. The van der Waals surface area contributed by atoms with Gasteiger partial charge in [-0.25, -0.2) is 4.68 Å². The third-order valence-corrected chi connectivity index (χ3v) is 4.70. The molecule has 164 valence electrons. The first kappa shape index (κ1) is 21.4. The predicted octanol–water partition coefficient (Wildman–Crippen LogP) is 5.11. The van der Waals surface area contributed by atoms with Crippen molar-refractivity contribution in [3.8, 4) is 16.9 Å². The van der Waals surface area contributed by atoms with Crippen LogP contribution in [0.1, 0.15) is 6.92 Å². The van der Waals surface area contributed by atoms with E-state index in [0.717, 1.165) is 0 Å². The van der Waals surface area contributed by atoms with Gasteiger partial charge < -0.3 is 5.32 Å². The second-order valence-corrected chi connectivity index (χ2v) is 7.04. The highest BCUT2D eigenvalue weighted by atomic mass is 16.6. The van der Waals surface area contributed by atoms with Crippen LogP contribution in [0.3, 0.4) is 0 Å². The van der Waals surface area contributed by atoms with Crippen molar-refractivity contribution < 1.29 is 9.72 Å². The molecule has 0 spiro atoms. The van der Waals surface area contributed by atoms with E-state index in [2.05, 4.69) is 20.6 Å². The number of hydrogen-bond donors (Lipinski definition) is 2. The SMILES string of the molecule is CC(=O)Nc1ccc(N=Nc2c(-c3ccc([N+](=O)[O-])cc3)[nH]n(-c3ccccc3)c2=O)cc1. The van der Waals surface area contributed by atoms with Gasteiger partial charge in [0.2, 0.25) is 5.91 Å². The van der Waals surface area contributed by atoms with Gasteiger partial charge in [0.15, 0.2) is 5.69 Å². The quantitative estimate of drug-likeness (QED) is 0.243. The minimum absolute atomic E-state index is 0.0543. The molecule has 4 rings (SSSR count). The lowest BCUT2D eigenvalue weighted by atomic mass is 10.1. The number of aromatic nitrogens is 2. The van der Waals surface area contributed by atoms with E-state index in [1.807, 2.05) is 6.07 Å². The van der Waals surface area contributed by atoms with Gasteiger partial charge in [-0.1, -0.05) is 18.2 Å². The summed E-state index contributed by atoms with van der Waals surface area (Å²) in [6.45, 7) is 1.41. The summed E-state index contributed by atoms with van der Waals surface area (Å²) in [6.07, 6.45) is 0. The van der Waals surface area contributed by atoms with Crippen molar-refractivity contribution in [2.24, 2.45) is 10.2 Å². The number of non-ortho nitro benzene ring substituents is 1. The zero-order valence-electron chi connectivity index (χ0n) is 17.4. The minimum Gasteiger partial charge on any atom is -0.326 e. The van der Waals surface area contributed by atoms with Gasteiger partial charge in [-0.05, 0) is 48.5 Å². The van der Waals surface area contributed by atoms with Crippen molar-refractivity contribution in [2.75, 3.05) is 5.32 Å². The number of nitrogens with zero attached hydrogens (tertiary/aromatic N) is 4. The van der Waals surface area contributed by atoms with Crippen LogP contribution in [0.15, 0.2) is 93.9 Å². The van der Waals surface area contributed by atoms with Gasteiger partial charge in [-0.2, -0.15) is 5.11 Å². The van der Waals surface area contributed by atoms with Crippen LogP contribution in [0.25, 0.3) is 16.9 Å². The Morgan fingerprint density at radius 3 is 2.24 bits per heavy atom. The average molecular weight is 442 g/mol. The third kappa shape index (κ3) is 4.74. The standard InChI is InChI=1S/C23H18N6O4/c1-15(30)24-17-9-11-18(12-10-17)25-26-22-21(16-7-13-20(14-8-16)29(32)33)27-28(23(22)31)19-5-3-2-4-6-19/h2-14,27H,1H3,(H,24,30). The Hall–Kier alpha value is -4.86. The summed E-state index contributed by atoms with van der Waals surface area (Å²) in [7, 11) is 0. The number of nitro groups is 1. The zero-order chi connectivity index (χ0) is 23.4. The first-order valence-corrected chi connectivity index (χ1v) is 9.87. The highest BCUT2D eigenvalue weighted by Gasteiger charge is 2.18. The molecule has 1 aromatic heterocycles. The number of aromatic amines is 1. The summed E-state index contributed by atoms with van der Waals surface area (Å²) < 4.78 is 1.34. The Balaban J connectivity index is 1.76. The Bertz CT molecular complexity index is 1390. The number of hydrogen-bond acceptors (Lipinski definition) is 6. The second-order valence-electron chi connectivity index (χ2n) is 7.04. The number of azo groups is 1. The van der Waals surface area contributed by atoms with Gasteiger partial charge in [-0.3, -0.25) is 24.8 Å². The van der Waals surface area contributed by atoms with E-state index in [4.69, 9.17) is 0 Å². The molecule has 1 amide bonds. The van der Waals surface area contributed by atoms with Crippen LogP contribution in [-0.4, -0.2) is 20.6 Å². The molecule has 3 aromatic carbocycles. The summed E-state index contributed by atoms with van der Waals surface area (Å²) >= 11 is 0. The van der Waals surface area contributed by atoms with Crippen molar-refractivity contribution >= 4 is 28.7 Å². The zero-order valence-corrected chi connectivity index (χ0v) is 17.4. The fraction of sp³-hybridized carbons (Fsp3) is 0.0435. The molecule has 0 unspecified atom stereocenters. The Kier molecular flexibility index (Phi) is 5.90. The summed E-state index contributed by atoms with van der Waals surface area (Å²) in [4.78, 5) is 34.8. The number of amides is 1. The summed E-state index contributed by atoms with van der Waals surface area (Å²) in [6, 6.07) is 21.4. The first-order chi connectivity index (χ1) is 15.9. The van der Waals surface area contributed by atoms with Crippen LogP contribution >= 0.6 is 0 Å². The largest absolute Gasteiger partial charge is 0.326 e. The van der Waals surface area contributed by atoms with Gasteiger partial charge in [0.1, 0.15) is 0 Å². The van der Waals surface area contributed by atoms with Crippen molar-refractivity contribution in [2.45, 2.75) is 6.92 Å². The molecule has 0 aliphatic rings. The Labute approximate surface area is 187 Å². The lowest BCUT2D eigenvalue weighted by Crippen LogP contribution is -2.13. The van der Waals surface area contributed by atoms with Gasteiger partial charge in [0, 0.05) is 30.3 Å². The summed E-state index contributed by atoms with van der Waals surface area (Å²) in [5.74, 6) is -0.189. The lowest BCUT2D eigenvalue weighted by Gasteiger charge is -2.02. The summed E-state index contributed by atoms with van der Waals surface area (Å²) in [5.41, 5.74) is 2.18. The number of benzene rings is 3. The Morgan fingerprint density at radius 1 is 0.970 bits per heavy atom. The number of rotatable bonds is 6. The molecule has 0 aliphatic carbocycles. The van der Waals surface area contributed by atoms with Crippen molar-refractivity contribution in [1.82, 2.24) is 9.78 Å². The van der Waals surface area contributed by atoms with E-state index in [1.165, 1.54) is 23.7 Å². The van der Waals surface area contributed by atoms with Crippen LogP contribution < -0.4 is 10.9 Å². The van der Waals surface area contributed by atoms with Crippen molar-refractivity contribution in [3.05, 3.63) is 99.3 Å². The topological polar surface area (TPSA) is 135 Å². The number of carbonyl (C=O) groups is 1. The number of H-pyrrole nitrogens is 1. The number of carbonyl (C=O) groups excluding carboxylic acids is 1. The smallest absolute Gasteiger partial charge is 0.299 e. The molecule has 4 aromatic rings. The number of para-hydroxylation sites is 1.